The van der Waals surface area contributed by atoms with Crippen LogP contribution < -0.4 is 10.5 Å². The number of hydrogen-bond acceptors (Lipinski definition) is 3. The Hall–Kier alpha value is -1.91. The van der Waals surface area contributed by atoms with Crippen LogP contribution in [0.1, 0.15) is 11.1 Å². The molecule has 0 atom stereocenters. The molecule has 0 aliphatic heterocycles. The fourth-order valence-corrected chi connectivity index (χ4v) is 1.82. The number of halogens is 1. The smallest absolute Gasteiger partial charge is 0.133 e. The van der Waals surface area contributed by atoms with Gasteiger partial charge in [-0.1, -0.05) is 36.4 Å². The number of rotatable bonds is 7. The summed E-state index contributed by atoms with van der Waals surface area (Å²) >= 11 is 0. The molecular weight excluding hydrogens is 257 g/mol. The zero-order chi connectivity index (χ0) is 14.2. The van der Waals surface area contributed by atoms with E-state index in [-0.39, 0.29) is 19.0 Å². The van der Waals surface area contributed by atoms with Crippen LogP contribution in [0.4, 0.5) is 4.39 Å². The van der Waals surface area contributed by atoms with Crippen LogP contribution in [0.3, 0.4) is 0 Å². The molecule has 2 aromatic carbocycles. The Kier molecular flexibility index (Phi) is 5.53. The molecule has 2 N–H and O–H groups in total. The highest BCUT2D eigenvalue weighted by Crippen LogP contribution is 2.13. The molecule has 0 heterocycles. The summed E-state index contributed by atoms with van der Waals surface area (Å²) in [5.41, 5.74) is 6.49. The van der Waals surface area contributed by atoms with Crippen LogP contribution in [0.2, 0.25) is 0 Å². The van der Waals surface area contributed by atoms with Crippen LogP contribution in [0.25, 0.3) is 0 Å². The molecule has 2 aromatic rings. The number of nitrogens with two attached hydrogens (primary N) is 1. The van der Waals surface area contributed by atoms with E-state index in [0.717, 1.165) is 5.75 Å². The first-order chi connectivity index (χ1) is 9.81. The van der Waals surface area contributed by atoms with E-state index in [0.29, 0.717) is 24.3 Å². The maximum Gasteiger partial charge on any atom is 0.133 e. The van der Waals surface area contributed by atoms with Crippen molar-refractivity contribution in [3.8, 4) is 5.75 Å². The zero-order valence-electron chi connectivity index (χ0n) is 11.2. The second kappa shape index (κ2) is 7.62. The lowest BCUT2D eigenvalue weighted by Gasteiger charge is -2.09. The lowest BCUT2D eigenvalue weighted by Crippen LogP contribution is -2.08. The highest BCUT2D eigenvalue weighted by molar-refractivity contribution is 5.25. The third-order valence-electron chi connectivity index (χ3n) is 2.88. The number of ether oxygens (including phenoxy) is 2. The van der Waals surface area contributed by atoms with Gasteiger partial charge in [0.1, 0.15) is 18.2 Å². The molecule has 4 heteroatoms. The summed E-state index contributed by atoms with van der Waals surface area (Å²) < 4.78 is 24.8. The minimum absolute atomic E-state index is 0.191. The third-order valence-corrected chi connectivity index (χ3v) is 2.88. The summed E-state index contributed by atoms with van der Waals surface area (Å²) in [5.74, 6) is 0.520. The molecule has 0 spiro atoms. The van der Waals surface area contributed by atoms with Crippen LogP contribution >= 0.6 is 0 Å². The molecule has 106 valence electrons. The molecule has 0 unspecified atom stereocenters. The summed E-state index contributed by atoms with van der Waals surface area (Å²) in [7, 11) is 0. The molecule has 3 nitrogen and oxygen atoms in total. The van der Waals surface area contributed by atoms with Crippen molar-refractivity contribution >= 4 is 0 Å². The quantitative estimate of drug-likeness (QED) is 0.790. The van der Waals surface area contributed by atoms with E-state index in [9.17, 15) is 4.39 Å². The minimum Gasteiger partial charge on any atom is -0.491 e. The van der Waals surface area contributed by atoms with E-state index in [4.69, 9.17) is 15.2 Å². The second-order valence-electron chi connectivity index (χ2n) is 4.31. The van der Waals surface area contributed by atoms with E-state index >= 15 is 0 Å². The van der Waals surface area contributed by atoms with Crippen LogP contribution in [-0.2, 0) is 17.9 Å². The average molecular weight is 275 g/mol. The Morgan fingerprint density at radius 1 is 0.900 bits per heavy atom. The number of para-hydroxylation sites is 1. The molecule has 0 fully saturated rings. The van der Waals surface area contributed by atoms with Crippen LogP contribution in [0.15, 0.2) is 48.5 Å². The molecule has 0 aromatic heterocycles. The van der Waals surface area contributed by atoms with Crippen molar-refractivity contribution < 1.29 is 13.9 Å². The minimum atomic E-state index is -0.279. The molecule has 0 aliphatic carbocycles. The fourth-order valence-electron chi connectivity index (χ4n) is 1.82. The summed E-state index contributed by atoms with van der Waals surface area (Å²) in [6.07, 6.45) is 0. The Labute approximate surface area is 118 Å². The van der Waals surface area contributed by atoms with Gasteiger partial charge in [-0.05, 0) is 12.1 Å². The van der Waals surface area contributed by atoms with Gasteiger partial charge in [-0.2, -0.15) is 0 Å². The highest BCUT2D eigenvalue weighted by Gasteiger charge is 2.06. The van der Waals surface area contributed by atoms with Crippen molar-refractivity contribution in [2.45, 2.75) is 13.2 Å². The van der Waals surface area contributed by atoms with Gasteiger partial charge in [-0.15, -0.1) is 0 Å². The molecule has 0 aliphatic rings. The van der Waals surface area contributed by atoms with E-state index < -0.39 is 0 Å². The third kappa shape index (κ3) is 4.05. The lowest BCUT2D eigenvalue weighted by molar-refractivity contribution is 0.0871. The van der Waals surface area contributed by atoms with Crippen LogP contribution in [0.5, 0.6) is 5.75 Å². The summed E-state index contributed by atoms with van der Waals surface area (Å²) in [6, 6.07) is 14.7. The van der Waals surface area contributed by atoms with Crippen molar-refractivity contribution in [2.75, 3.05) is 13.2 Å². The largest absolute Gasteiger partial charge is 0.491 e. The standard InChI is InChI=1S/C16H18FNO2/c17-16-13(11-18)5-4-6-14(16)12-19-9-10-20-15-7-2-1-3-8-15/h1-8H,9-12,18H2. The predicted molar refractivity (Wildman–Crippen MR) is 75.9 cm³/mol. The summed E-state index contributed by atoms with van der Waals surface area (Å²) in [5, 5.41) is 0. The van der Waals surface area contributed by atoms with Gasteiger partial charge in [0.15, 0.2) is 0 Å². The van der Waals surface area contributed by atoms with E-state index in [2.05, 4.69) is 0 Å². The normalized spacial score (nSPS) is 10.5. The summed E-state index contributed by atoms with van der Waals surface area (Å²) in [4.78, 5) is 0. The molecular formula is C16H18FNO2. The topological polar surface area (TPSA) is 44.5 Å². The molecule has 20 heavy (non-hydrogen) atoms. The van der Waals surface area contributed by atoms with Crippen molar-refractivity contribution in [3.63, 3.8) is 0 Å². The van der Waals surface area contributed by atoms with E-state index in [1.807, 2.05) is 30.3 Å². The van der Waals surface area contributed by atoms with Crippen LogP contribution in [0, 0.1) is 5.82 Å². The molecule has 0 saturated carbocycles. The molecule has 2 rings (SSSR count). The maximum absolute atomic E-state index is 13.9. The SMILES string of the molecule is NCc1cccc(COCCOc2ccccc2)c1F. The Morgan fingerprint density at radius 2 is 1.65 bits per heavy atom. The van der Waals surface area contributed by atoms with Gasteiger partial charge in [0.05, 0.1) is 13.2 Å². The van der Waals surface area contributed by atoms with Gasteiger partial charge in [0, 0.05) is 17.7 Å². The average Bonchev–Trinajstić information content (AvgIpc) is 2.49. The molecule has 0 bridgehead atoms. The van der Waals surface area contributed by atoms with E-state index in [1.165, 1.54) is 0 Å². The predicted octanol–water partition coefficient (Wildman–Crippen LogP) is 2.88. The second-order valence-corrected chi connectivity index (χ2v) is 4.31. The maximum atomic E-state index is 13.9. The molecule has 0 amide bonds. The van der Waals surface area contributed by atoms with Gasteiger partial charge in [-0.25, -0.2) is 4.39 Å². The number of benzene rings is 2. The zero-order valence-corrected chi connectivity index (χ0v) is 11.2. The first kappa shape index (κ1) is 14.5. The Morgan fingerprint density at radius 3 is 2.40 bits per heavy atom. The summed E-state index contributed by atoms with van der Waals surface area (Å²) in [6.45, 7) is 1.25. The van der Waals surface area contributed by atoms with Gasteiger partial charge >= 0.3 is 0 Å². The monoisotopic (exact) mass is 275 g/mol. The van der Waals surface area contributed by atoms with Gasteiger partial charge in [0.2, 0.25) is 0 Å². The molecule has 0 saturated heterocycles. The first-order valence-corrected chi connectivity index (χ1v) is 6.53. The van der Waals surface area contributed by atoms with Crippen molar-refractivity contribution in [2.24, 2.45) is 5.73 Å². The van der Waals surface area contributed by atoms with Crippen molar-refractivity contribution in [1.82, 2.24) is 0 Å². The lowest BCUT2D eigenvalue weighted by atomic mass is 10.1. The molecule has 0 radical (unpaired) electrons. The van der Waals surface area contributed by atoms with Crippen molar-refractivity contribution in [3.05, 3.63) is 65.5 Å². The Bertz CT molecular complexity index is 531. The van der Waals surface area contributed by atoms with Crippen LogP contribution in [-0.4, -0.2) is 13.2 Å². The van der Waals surface area contributed by atoms with Gasteiger partial charge in [-0.3, -0.25) is 0 Å². The van der Waals surface area contributed by atoms with E-state index in [1.54, 1.807) is 18.2 Å². The Balaban J connectivity index is 1.74. The first-order valence-electron chi connectivity index (χ1n) is 6.53. The number of hydrogen-bond donors (Lipinski definition) is 1. The van der Waals surface area contributed by atoms with Gasteiger partial charge < -0.3 is 15.2 Å². The highest BCUT2D eigenvalue weighted by atomic mass is 19.1. The van der Waals surface area contributed by atoms with Crippen molar-refractivity contribution in [1.29, 1.82) is 0 Å². The fraction of sp³-hybridized carbons (Fsp3) is 0.250. The van der Waals surface area contributed by atoms with Gasteiger partial charge in [0.25, 0.3) is 0 Å².